The van der Waals surface area contributed by atoms with Crippen molar-refractivity contribution in [3.05, 3.63) is 21.4 Å². The summed E-state index contributed by atoms with van der Waals surface area (Å²) in [5.41, 5.74) is 0.625. The molecular formula is C14H23NO2S. The second-order valence-corrected chi connectivity index (χ2v) is 6.80. The molecule has 1 aromatic rings. The molecule has 102 valence electrons. The predicted molar refractivity (Wildman–Crippen MR) is 75.2 cm³/mol. The zero-order chi connectivity index (χ0) is 13.3. The fourth-order valence-electron chi connectivity index (χ4n) is 2.52. The summed E-state index contributed by atoms with van der Waals surface area (Å²) in [7, 11) is 0. The summed E-state index contributed by atoms with van der Waals surface area (Å²) in [5.74, 6) is 0. The van der Waals surface area contributed by atoms with Crippen LogP contribution in [0.3, 0.4) is 0 Å². The lowest BCUT2D eigenvalue weighted by Crippen LogP contribution is -2.46. The number of aliphatic hydroxyl groups is 1. The van der Waals surface area contributed by atoms with Crippen LogP contribution in [0, 0.1) is 13.8 Å². The average molecular weight is 269 g/mol. The predicted octanol–water partition coefficient (Wildman–Crippen LogP) is 2.56. The maximum Gasteiger partial charge on any atom is 0.105 e. The minimum Gasteiger partial charge on any atom is -0.386 e. The number of ether oxygens (including phenoxy) is 1. The first kappa shape index (κ1) is 14.0. The third-order valence-electron chi connectivity index (χ3n) is 3.92. The molecule has 1 fully saturated rings. The van der Waals surface area contributed by atoms with E-state index in [4.69, 9.17) is 4.74 Å². The number of thiophene rings is 1. The highest BCUT2D eigenvalue weighted by Crippen LogP contribution is 2.28. The van der Waals surface area contributed by atoms with Gasteiger partial charge < -0.3 is 15.2 Å². The quantitative estimate of drug-likeness (QED) is 0.882. The van der Waals surface area contributed by atoms with Gasteiger partial charge in [0.05, 0.1) is 6.10 Å². The Bertz CT molecular complexity index is 418. The monoisotopic (exact) mass is 269 g/mol. The van der Waals surface area contributed by atoms with Crippen LogP contribution in [0.25, 0.3) is 0 Å². The molecule has 0 spiro atoms. The van der Waals surface area contributed by atoms with Crippen molar-refractivity contribution in [2.75, 3.05) is 13.2 Å². The molecule has 3 nitrogen and oxygen atoms in total. The molecule has 2 N–H and O–H groups in total. The molecule has 1 saturated heterocycles. The van der Waals surface area contributed by atoms with Crippen LogP contribution in [0.5, 0.6) is 0 Å². The Kier molecular flexibility index (Phi) is 4.11. The number of nitrogens with one attached hydrogen (secondary N) is 1. The van der Waals surface area contributed by atoms with E-state index in [1.54, 1.807) is 0 Å². The van der Waals surface area contributed by atoms with Gasteiger partial charge in [0.25, 0.3) is 0 Å². The van der Waals surface area contributed by atoms with Gasteiger partial charge in [0.1, 0.15) is 5.60 Å². The second-order valence-electron chi connectivity index (χ2n) is 5.34. The van der Waals surface area contributed by atoms with Gasteiger partial charge >= 0.3 is 0 Å². The van der Waals surface area contributed by atoms with Crippen molar-refractivity contribution >= 4 is 11.3 Å². The molecule has 1 aliphatic rings. The molecular weight excluding hydrogens is 246 g/mol. The maximum atomic E-state index is 10.4. The van der Waals surface area contributed by atoms with Crippen LogP contribution in [-0.2, 0) is 4.74 Å². The van der Waals surface area contributed by atoms with Crippen molar-refractivity contribution in [3.8, 4) is 0 Å². The van der Waals surface area contributed by atoms with Crippen LogP contribution in [0.1, 0.15) is 41.6 Å². The van der Waals surface area contributed by atoms with Gasteiger partial charge in [-0.05, 0) is 39.3 Å². The summed E-state index contributed by atoms with van der Waals surface area (Å²) in [4.78, 5) is 2.70. The van der Waals surface area contributed by atoms with E-state index >= 15 is 0 Å². The van der Waals surface area contributed by atoms with Crippen LogP contribution >= 0.6 is 11.3 Å². The van der Waals surface area contributed by atoms with E-state index in [2.05, 4.69) is 32.2 Å². The highest BCUT2D eigenvalue weighted by molar-refractivity contribution is 7.12. The number of aryl methyl sites for hydroxylation is 2. The fraction of sp³-hybridized carbons (Fsp3) is 0.714. The van der Waals surface area contributed by atoms with Gasteiger partial charge in [0, 0.05) is 35.4 Å². The first-order valence-electron chi connectivity index (χ1n) is 6.56. The Morgan fingerprint density at radius 2 is 2.33 bits per heavy atom. The summed E-state index contributed by atoms with van der Waals surface area (Å²) in [6.07, 6.45) is 0.637. The maximum absolute atomic E-state index is 10.4. The molecule has 0 saturated carbocycles. The first-order valence-corrected chi connectivity index (χ1v) is 7.38. The number of rotatable bonds is 4. The molecule has 0 radical (unpaired) electrons. The van der Waals surface area contributed by atoms with E-state index < -0.39 is 5.60 Å². The van der Waals surface area contributed by atoms with Crippen LogP contribution in [0.15, 0.2) is 6.07 Å². The van der Waals surface area contributed by atoms with Gasteiger partial charge in [-0.15, -0.1) is 11.3 Å². The lowest BCUT2D eigenvalue weighted by Gasteiger charge is -2.28. The van der Waals surface area contributed by atoms with E-state index in [1.807, 2.05) is 18.3 Å². The van der Waals surface area contributed by atoms with Gasteiger partial charge in [0.15, 0.2) is 0 Å². The molecule has 2 heterocycles. The van der Waals surface area contributed by atoms with Crippen molar-refractivity contribution in [2.24, 2.45) is 0 Å². The molecule has 3 atom stereocenters. The molecule has 0 aliphatic carbocycles. The van der Waals surface area contributed by atoms with Crippen LogP contribution in [0.4, 0.5) is 0 Å². The van der Waals surface area contributed by atoms with Crippen molar-refractivity contribution in [2.45, 2.75) is 51.9 Å². The largest absolute Gasteiger partial charge is 0.386 e. The van der Waals surface area contributed by atoms with Crippen LogP contribution in [0.2, 0.25) is 0 Å². The number of hydrogen-bond donors (Lipinski definition) is 2. The standard InChI is InChI=1S/C14H23NO2S/c1-9-7-13(11(3)18-9)10(2)15-8-14(16)5-6-17-12(14)4/h7,10,12,15-16H,5-6,8H2,1-4H3. The lowest BCUT2D eigenvalue weighted by molar-refractivity contribution is -0.0274. The third-order valence-corrected chi connectivity index (χ3v) is 4.90. The molecule has 0 bridgehead atoms. The highest BCUT2D eigenvalue weighted by Gasteiger charge is 2.39. The average Bonchev–Trinajstić information content (AvgIpc) is 2.80. The molecule has 0 amide bonds. The Labute approximate surface area is 113 Å². The van der Waals surface area contributed by atoms with Crippen LogP contribution < -0.4 is 5.32 Å². The summed E-state index contributed by atoms with van der Waals surface area (Å²) in [6, 6.07) is 2.50. The zero-order valence-corrected chi connectivity index (χ0v) is 12.4. The van der Waals surface area contributed by atoms with Crippen molar-refractivity contribution in [1.29, 1.82) is 0 Å². The van der Waals surface area contributed by atoms with Gasteiger partial charge in [-0.25, -0.2) is 0 Å². The van der Waals surface area contributed by atoms with Gasteiger partial charge in [-0.2, -0.15) is 0 Å². The van der Waals surface area contributed by atoms with E-state index in [0.717, 1.165) is 6.42 Å². The Morgan fingerprint density at radius 1 is 1.61 bits per heavy atom. The first-order chi connectivity index (χ1) is 8.42. The molecule has 1 aliphatic heterocycles. The summed E-state index contributed by atoms with van der Waals surface area (Å²) in [5, 5.41) is 13.9. The minimum absolute atomic E-state index is 0.0810. The SMILES string of the molecule is Cc1cc(C(C)NCC2(O)CCOC2C)c(C)s1. The Morgan fingerprint density at radius 3 is 2.83 bits per heavy atom. The summed E-state index contributed by atoms with van der Waals surface area (Å²) in [6.45, 7) is 9.63. The zero-order valence-electron chi connectivity index (χ0n) is 11.6. The minimum atomic E-state index is -0.715. The molecule has 1 aromatic heterocycles. The van der Waals surface area contributed by atoms with Gasteiger partial charge in [-0.1, -0.05) is 0 Å². The van der Waals surface area contributed by atoms with Crippen molar-refractivity contribution in [3.63, 3.8) is 0 Å². The molecule has 0 aromatic carbocycles. The molecule has 3 unspecified atom stereocenters. The number of hydrogen-bond acceptors (Lipinski definition) is 4. The summed E-state index contributed by atoms with van der Waals surface area (Å²) >= 11 is 1.83. The highest BCUT2D eigenvalue weighted by atomic mass is 32.1. The van der Waals surface area contributed by atoms with Gasteiger partial charge in [-0.3, -0.25) is 0 Å². The summed E-state index contributed by atoms with van der Waals surface area (Å²) < 4.78 is 5.45. The topological polar surface area (TPSA) is 41.5 Å². The normalized spacial score (nSPS) is 29.7. The Hall–Kier alpha value is -0.420. The van der Waals surface area contributed by atoms with Gasteiger partial charge in [0.2, 0.25) is 0 Å². The smallest absolute Gasteiger partial charge is 0.105 e. The van der Waals surface area contributed by atoms with E-state index in [9.17, 15) is 5.11 Å². The Balaban J connectivity index is 1.96. The van der Waals surface area contributed by atoms with E-state index in [-0.39, 0.29) is 12.1 Å². The van der Waals surface area contributed by atoms with E-state index in [0.29, 0.717) is 13.2 Å². The van der Waals surface area contributed by atoms with Crippen molar-refractivity contribution in [1.82, 2.24) is 5.32 Å². The molecule has 4 heteroatoms. The molecule has 18 heavy (non-hydrogen) atoms. The van der Waals surface area contributed by atoms with E-state index in [1.165, 1.54) is 15.3 Å². The van der Waals surface area contributed by atoms with Crippen molar-refractivity contribution < 1.29 is 9.84 Å². The second kappa shape index (κ2) is 5.29. The molecule has 2 rings (SSSR count). The lowest BCUT2D eigenvalue weighted by atomic mass is 9.96. The van der Waals surface area contributed by atoms with Crippen LogP contribution in [-0.4, -0.2) is 30.0 Å². The fourth-order valence-corrected chi connectivity index (χ4v) is 3.55. The third kappa shape index (κ3) is 2.77.